The van der Waals surface area contributed by atoms with E-state index >= 15 is 0 Å². The molecule has 0 bridgehead atoms. The zero-order valence-corrected chi connectivity index (χ0v) is 20.6. The molecule has 0 amide bonds. The van der Waals surface area contributed by atoms with Crippen molar-refractivity contribution in [2.75, 3.05) is 6.61 Å². The quantitative estimate of drug-likeness (QED) is 0.425. The summed E-state index contributed by atoms with van der Waals surface area (Å²) in [6.45, 7) is 13.5. The molecule has 0 N–H and O–H groups in total. The van der Waals surface area contributed by atoms with E-state index in [0.29, 0.717) is 13.2 Å². The number of nitrogens with zero attached hydrogens (tertiary/aromatic N) is 1. The van der Waals surface area contributed by atoms with Crippen LogP contribution in [0.3, 0.4) is 0 Å². The maximum Gasteiger partial charge on any atom is 0.245 e. The van der Waals surface area contributed by atoms with Gasteiger partial charge in [-0.25, -0.2) is 8.42 Å². The van der Waals surface area contributed by atoms with Crippen LogP contribution in [0, 0.1) is 6.92 Å². The summed E-state index contributed by atoms with van der Waals surface area (Å²) in [7, 11) is -5.64. The molecule has 0 spiro atoms. The number of ether oxygens (including phenoxy) is 1. The van der Waals surface area contributed by atoms with Gasteiger partial charge in [0.05, 0.1) is 24.2 Å². The Balaban J connectivity index is 1.77. The topological polar surface area (TPSA) is 55.6 Å². The Morgan fingerprint density at radius 3 is 2.17 bits per heavy atom. The standard InChI is InChI=1S/C23H33NO4SSi/c1-18-12-14-20(15-13-18)29(25,26)24-21(17-28-30(5,6)23(2,3)4)22(24)27-16-19-10-8-7-9-11-19/h7-15,21-22H,16-17H2,1-6H3/t21-,22-,24?/m1/s1. The maximum absolute atomic E-state index is 13.3. The zero-order chi connectivity index (χ0) is 22.2. The third-order valence-corrected chi connectivity index (χ3v) is 12.5. The van der Waals surface area contributed by atoms with Crippen molar-refractivity contribution in [2.24, 2.45) is 0 Å². The highest BCUT2D eigenvalue weighted by atomic mass is 32.2. The molecule has 1 fully saturated rings. The van der Waals surface area contributed by atoms with Crippen LogP contribution in [-0.2, 0) is 25.8 Å². The van der Waals surface area contributed by atoms with Gasteiger partial charge in [0.1, 0.15) is 6.23 Å². The number of benzene rings is 2. The van der Waals surface area contributed by atoms with Crippen LogP contribution in [-0.4, -0.2) is 39.9 Å². The summed E-state index contributed by atoms with van der Waals surface area (Å²) in [6.07, 6.45) is -0.513. The first-order valence-electron chi connectivity index (χ1n) is 10.3. The first kappa shape index (κ1) is 23.2. The molecule has 30 heavy (non-hydrogen) atoms. The lowest BCUT2D eigenvalue weighted by Crippen LogP contribution is -2.42. The molecular weight excluding hydrogens is 414 g/mol. The molecule has 0 aliphatic carbocycles. The molecule has 2 aromatic carbocycles. The normalized spacial score (nSPS) is 22.1. The molecule has 2 aromatic rings. The fourth-order valence-corrected chi connectivity index (χ4v) is 5.67. The van der Waals surface area contributed by atoms with E-state index in [2.05, 4.69) is 33.9 Å². The molecule has 3 atom stereocenters. The van der Waals surface area contributed by atoms with Gasteiger partial charge in [-0.05, 0) is 42.8 Å². The minimum absolute atomic E-state index is 0.0585. The van der Waals surface area contributed by atoms with Crippen molar-refractivity contribution in [3.63, 3.8) is 0 Å². The van der Waals surface area contributed by atoms with Crippen molar-refractivity contribution in [2.45, 2.75) is 69.6 Å². The van der Waals surface area contributed by atoms with Crippen molar-refractivity contribution in [3.05, 3.63) is 65.7 Å². The van der Waals surface area contributed by atoms with Gasteiger partial charge in [0.15, 0.2) is 8.32 Å². The van der Waals surface area contributed by atoms with Crippen LogP contribution in [0.2, 0.25) is 18.1 Å². The summed E-state index contributed by atoms with van der Waals surface area (Å²) in [6, 6.07) is 16.4. The molecule has 7 heteroatoms. The lowest BCUT2D eigenvalue weighted by molar-refractivity contribution is 0.0806. The number of aryl methyl sites for hydroxylation is 1. The molecule has 1 aliphatic rings. The summed E-state index contributed by atoms with van der Waals surface area (Å²) in [5.74, 6) is 0. The van der Waals surface area contributed by atoms with Gasteiger partial charge in [-0.15, -0.1) is 0 Å². The second kappa shape index (κ2) is 8.55. The minimum atomic E-state index is -3.64. The van der Waals surface area contributed by atoms with Crippen LogP contribution in [0.4, 0.5) is 0 Å². The van der Waals surface area contributed by atoms with E-state index in [4.69, 9.17) is 9.16 Å². The Bertz CT molecular complexity index is 953. The summed E-state index contributed by atoms with van der Waals surface area (Å²) in [4.78, 5) is 0.288. The van der Waals surface area contributed by atoms with Crippen molar-refractivity contribution in [1.82, 2.24) is 4.31 Å². The predicted octanol–water partition coefficient (Wildman–Crippen LogP) is 4.93. The van der Waals surface area contributed by atoms with Gasteiger partial charge in [-0.1, -0.05) is 68.8 Å². The molecule has 1 saturated heterocycles. The van der Waals surface area contributed by atoms with Crippen LogP contribution >= 0.6 is 0 Å². The summed E-state index contributed by atoms with van der Waals surface area (Å²) >= 11 is 0. The second-order valence-corrected chi connectivity index (χ2v) is 16.1. The second-order valence-electron chi connectivity index (χ2n) is 9.47. The molecule has 1 unspecified atom stereocenters. The van der Waals surface area contributed by atoms with Crippen LogP contribution in [0.1, 0.15) is 31.9 Å². The highest BCUT2D eigenvalue weighted by molar-refractivity contribution is 7.89. The molecule has 0 radical (unpaired) electrons. The third kappa shape index (κ3) is 5.03. The van der Waals surface area contributed by atoms with Crippen molar-refractivity contribution in [1.29, 1.82) is 0 Å². The van der Waals surface area contributed by atoms with Crippen LogP contribution < -0.4 is 0 Å². The monoisotopic (exact) mass is 447 g/mol. The Labute approximate surface area is 182 Å². The molecular formula is C23H33NO4SSi. The fourth-order valence-electron chi connectivity index (χ4n) is 2.99. The van der Waals surface area contributed by atoms with Crippen molar-refractivity contribution < 1.29 is 17.6 Å². The van der Waals surface area contributed by atoms with E-state index in [9.17, 15) is 8.42 Å². The number of sulfonamides is 1. The van der Waals surface area contributed by atoms with E-state index in [0.717, 1.165) is 11.1 Å². The first-order valence-corrected chi connectivity index (χ1v) is 14.7. The van der Waals surface area contributed by atoms with Crippen molar-refractivity contribution in [3.8, 4) is 0 Å². The maximum atomic E-state index is 13.3. The average molecular weight is 448 g/mol. The van der Waals surface area contributed by atoms with E-state index in [-0.39, 0.29) is 16.0 Å². The molecule has 3 rings (SSSR count). The van der Waals surface area contributed by atoms with Gasteiger partial charge in [0.25, 0.3) is 0 Å². The SMILES string of the molecule is Cc1ccc(S(=O)(=O)N2[C@H](CO[Si](C)(C)C(C)(C)C)[C@H]2OCc2ccccc2)cc1. The van der Waals surface area contributed by atoms with E-state index in [1.807, 2.05) is 49.4 Å². The van der Waals surface area contributed by atoms with E-state index < -0.39 is 24.6 Å². The highest BCUT2D eigenvalue weighted by Gasteiger charge is 2.57. The molecule has 164 valence electrons. The highest BCUT2D eigenvalue weighted by Crippen LogP contribution is 2.41. The first-order chi connectivity index (χ1) is 13.9. The van der Waals surface area contributed by atoms with Gasteiger partial charge in [0.2, 0.25) is 10.0 Å². The van der Waals surface area contributed by atoms with Gasteiger partial charge in [0, 0.05) is 0 Å². The molecule has 5 nitrogen and oxygen atoms in total. The van der Waals surface area contributed by atoms with Gasteiger partial charge < -0.3 is 9.16 Å². The molecule has 0 saturated carbocycles. The molecule has 0 aromatic heterocycles. The Kier molecular flexibility index (Phi) is 6.60. The van der Waals surface area contributed by atoms with E-state index in [1.165, 1.54) is 4.31 Å². The molecule has 1 aliphatic heterocycles. The fraction of sp³-hybridized carbons (Fsp3) is 0.478. The van der Waals surface area contributed by atoms with Crippen LogP contribution in [0.25, 0.3) is 0 Å². The number of rotatable bonds is 8. The van der Waals surface area contributed by atoms with Crippen LogP contribution in [0.5, 0.6) is 0 Å². The summed E-state index contributed by atoms with van der Waals surface area (Å²) < 4.78 is 40.3. The van der Waals surface area contributed by atoms with Crippen LogP contribution in [0.15, 0.2) is 59.5 Å². The number of hydrogen-bond acceptors (Lipinski definition) is 4. The lowest BCUT2D eigenvalue weighted by atomic mass is 10.2. The lowest BCUT2D eigenvalue weighted by Gasteiger charge is -2.36. The third-order valence-electron chi connectivity index (χ3n) is 6.10. The average Bonchev–Trinajstić information content (AvgIpc) is 3.39. The summed E-state index contributed by atoms with van der Waals surface area (Å²) in [5, 5.41) is 0.0585. The Hall–Kier alpha value is -1.51. The van der Waals surface area contributed by atoms with Gasteiger partial charge in [-0.2, -0.15) is 4.31 Å². The smallest absolute Gasteiger partial charge is 0.245 e. The zero-order valence-electron chi connectivity index (χ0n) is 18.8. The minimum Gasteiger partial charge on any atom is -0.415 e. The van der Waals surface area contributed by atoms with Gasteiger partial charge >= 0.3 is 0 Å². The van der Waals surface area contributed by atoms with E-state index in [1.54, 1.807) is 12.1 Å². The Morgan fingerprint density at radius 2 is 1.60 bits per heavy atom. The summed E-state index contributed by atoms with van der Waals surface area (Å²) in [5.41, 5.74) is 2.04. The largest absolute Gasteiger partial charge is 0.415 e. The van der Waals surface area contributed by atoms with Crippen molar-refractivity contribution >= 4 is 18.3 Å². The predicted molar refractivity (Wildman–Crippen MR) is 122 cm³/mol. The molecule has 1 heterocycles. The van der Waals surface area contributed by atoms with Gasteiger partial charge in [-0.3, -0.25) is 0 Å². The Morgan fingerprint density at radius 1 is 1.00 bits per heavy atom. The number of hydrogen-bond donors (Lipinski definition) is 0.